The van der Waals surface area contributed by atoms with Gasteiger partial charge >= 0.3 is 0 Å². The molecule has 2 aromatic carbocycles. The number of amides is 2. The summed E-state index contributed by atoms with van der Waals surface area (Å²) in [5, 5.41) is 24.2. The Morgan fingerprint density at radius 2 is 1.88 bits per heavy atom. The van der Waals surface area contributed by atoms with E-state index in [0.29, 0.717) is 23.1 Å². The highest BCUT2D eigenvalue weighted by atomic mass is 32.2. The third kappa shape index (κ3) is 5.92. The Hall–Kier alpha value is -3.80. The molecule has 1 heterocycles. The maximum atomic E-state index is 13.8. The van der Waals surface area contributed by atoms with Gasteiger partial charge in [0.05, 0.1) is 22.3 Å². The standard InChI is InChI=1S/C21H21FN6O4S/c1-3-17(20(30)24-13-8-10-14(11-9-13)28(31)32)33-21-26-25-18(27(21)2)12-23-19(29)15-6-4-5-7-16(15)22/h4-11,17H,3,12H2,1-2H3,(H,23,29)(H,24,30)/t17-/m1/s1. The number of anilines is 1. The number of benzene rings is 2. The summed E-state index contributed by atoms with van der Waals surface area (Å²) in [5.74, 6) is -1.03. The van der Waals surface area contributed by atoms with Gasteiger partial charge < -0.3 is 15.2 Å². The van der Waals surface area contributed by atoms with Crippen LogP contribution in [0.25, 0.3) is 0 Å². The summed E-state index contributed by atoms with van der Waals surface area (Å²) in [5.41, 5.74) is 0.311. The fourth-order valence-electron chi connectivity index (χ4n) is 2.84. The molecular weight excluding hydrogens is 451 g/mol. The lowest BCUT2D eigenvalue weighted by molar-refractivity contribution is -0.384. The SMILES string of the molecule is CC[C@@H](Sc1nnc(CNC(=O)c2ccccc2F)n1C)C(=O)Nc1ccc([N+](=O)[O-])cc1. The molecule has 0 aliphatic heterocycles. The maximum Gasteiger partial charge on any atom is 0.269 e. The van der Waals surface area contributed by atoms with Crippen LogP contribution in [0.4, 0.5) is 15.8 Å². The molecule has 2 N–H and O–H groups in total. The van der Waals surface area contributed by atoms with Crippen molar-refractivity contribution in [2.24, 2.45) is 7.05 Å². The Morgan fingerprint density at radius 1 is 1.18 bits per heavy atom. The highest BCUT2D eigenvalue weighted by Gasteiger charge is 2.22. The largest absolute Gasteiger partial charge is 0.345 e. The number of carbonyl (C=O) groups excluding carboxylic acids is 2. The van der Waals surface area contributed by atoms with E-state index in [4.69, 9.17) is 0 Å². The number of nitrogens with zero attached hydrogens (tertiary/aromatic N) is 4. The molecule has 1 aromatic heterocycles. The van der Waals surface area contributed by atoms with Crippen molar-refractivity contribution in [3.8, 4) is 0 Å². The average Bonchev–Trinajstić information content (AvgIpc) is 3.15. The van der Waals surface area contributed by atoms with E-state index in [9.17, 15) is 24.1 Å². The molecular formula is C21H21FN6O4S. The van der Waals surface area contributed by atoms with E-state index in [1.807, 2.05) is 6.92 Å². The number of hydrogen-bond acceptors (Lipinski definition) is 7. The third-order valence-corrected chi connectivity index (χ3v) is 6.11. The molecule has 0 unspecified atom stereocenters. The zero-order valence-corrected chi connectivity index (χ0v) is 18.6. The van der Waals surface area contributed by atoms with E-state index in [-0.39, 0.29) is 23.7 Å². The van der Waals surface area contributed by atoms with Crippen LogP contribution >= 0.6 is 11.8 Å². The van der Waals surface area contributed by atoms with Gasteiger partial charge in [0.25, 0.3) is 11.6 Å². The number of nitro benzene ring substituents is 1. The summed E-state index contributed by atoms with van der Waals surface area (Å²) in [6.07, 6.45) is 0.496. The van der Waals surface area contributed by atoms with E-state index >= 15 is 0 Å². The molecule has 2 amide bonds. The second-order valence-corrected chi connectivity index (χ2v) is 8.10. The zero-order chi connectivity index (χ0) is 24.0. The van der Waals surface area contributed by atoms with Crippen molar-refractivity contribution >= 4 is 35.0 Å². The third-order valence-electron chi connectivity index (χ3n) is 4.71. The van der Waals surface area contributed by atoms with E-state index < -0.39 is 21.9 Å². The van der Waals surface area contributed by atoms with Crippen LogP contribution in [0.5, 0.6) is 0 Å². The van der Waals surface area contributed by atoms with Crippen molar-refractivity contribution in [2.75, 3.05) is 5.32 Å². The van der Waals surface area contributed by atoms with Crippen LogP contribution in [-0.2, 0) is 18.4 Å². The lowest BCUT2D eigenvalue weighted by Gasteiger charge is -2.14. The van der Waals surface area contributed by atoms with Crippen molar-refractivity contribution in [1.29, 1.82) is 0 Å². The lowest BCUT2D eigenvalue weighted by atomic mass is 10.2. The Bertz CT molecular complexity index is 1170. The van der Waals surface area contributed by atoms with Gasteiger partial charge in [-0.3, -0.25) is 19.7 Å². The van der Waals surface area contributed by atoms with Crippen molar-refractivity contribution < 1.29 is 18.9 Å². The number of nitrogens with one attached hydrogen (secondary N) is 2. The predicted octanol–water partition coefficient (Wildman–Crippen LogP) is 3.30. The minimum absolute atomic E-state index is 0.0308. The molecule has 0 radical (unpaired) electrons. The van der Waals surface area contributed by atoms with Crippen LogP contribution in [0.1, 0.15) is 29.5 Å². The number of non-ortho nitro benzene ring substituents is 1. The topological polar surface area (TPSA) is 132 Å². The summed E-state index contributed by atoms with van der Waals surface area (Å²) in [6.45, 7) is 1.88. The fourth-order valence-corrected chi connectivity index (χ4v) is 3.78. The van der Waals surface area contributed by atoms with Gasteiger partial charge in [-0.1, -0.05) is 30.8 Å². The van der Waals surface area contributed by atoms with Gasteiger partial charge in [-0.05, 0) is 30.7 Å². The van der Waals surface area contributed by atoms with E-state index in [1.165, 1.54) is 54.2 Å². The van der Waals surface area contributed by atoms with Gasteiger partial charge in [0.15, 0.2) is 11.0 Å². The average molecular weight is 473 g/mol. The van der Waals surface area contributed by atoms with Gasteiger partial charge in [0.2, 0.25) is 5.91 Å². The van der Waals surface area contributed by atoms with Crippen molar-refractivity contribution in [1.82, 2.24) is 20.1 Å². The van der Waals surface area contributed by atoms with Crippen LogP contribution < -0.4 is 10.6 Å². The minimum atomic E-state index is -0.617. The molecule has 3 rings (SSSR count). The van der Waals surface area contributed by atoms with E-state index in [2.05, 4.69) is 20.8 Å². The lowest BCUT2D eigenvalue weighted by Crippen LogP contribution is -2.26. The zero-order valence-electron chi connectivity index (χ0n) is 17.8. The molecule has 12 heteroatoms. The number of carbonyl (C=O) groups is 2. The second-order valence-electron chi connectivity index (χ2n) is 6.93. The number of aromatic nitrogens is 3. The fraction of sp³-hybridized carbons (Fsp3) is 0.238. The molecule has 0 aliphatic rings. The molecule has 0 spiro atoms. The molecule has 0 fully saturated rings. The van der Waals surface area contributed by atoms with Crippen LogP contribution in [0, 0.1) is 15.9 Å². The first kappa shape index (κ1) is 23.9. The van der Waals surface area contributed by atoms with Crippen LogP contribution in [0.3, 0.4) is 0 Å². The van der Waals surface area contributed by atoms with E-state index in [1.54, 1.807) is 17.7 Å². The van der Waals surface area contributed by atoms with Crippen LogP contribution in [0.15, 0.2) is 53.7 Å². The molecule has 1 atom stereocenters. The number of halogens is 1. The molecule has 172 valence electrons. The first-order valence-electron chi connectivity index (χ1n) is 9.93. The highest BCUT2D eigenvalue weighted by Crippen LogP contribution is 2.25. The molecule has 0 aliphatic carbocycles. The maximum absolute atomic E-state index is 13.8. The Labute approximate surface area is 192 Å². The van der Waals surface area contributed by atoms with Crippen LogP contribution in [-0.4, -0.2) is 36.8 Å². The van der Waals surface area contributed by atoms with Gasteiger partial charge in [0.1, 0.15) is 5.82 Å². The summed E-state index contributed by atoms with van der Waals surface area (Å²) in [7, 11) is 1.70. The Kier molecular flexibility index (Phi) is 7.72. The molecule has 0 saturated carbocycles. The number of hydrogen-bond donors (Lipinski definition) is 2. The Morgan fingerprint density at radius 3 is 2.52 bits per heavy atom. The molecule has 3 aromatic rings. The first-order valence-corrected chi connectivity index (χ1v) is 10.8. The Balaban J connectivity index is 1.61. The van der Waals surface area contributed by atoms with Gasteiger partial charge in [-0.25, -0.2) is 4.39 Å². The predicted molar refractivity (Wildman–Crippen MR) is 120 cm³/mol. The molecule has 33 heavy (non-hydrogen) atoms. The smallest absolute Gasteiger partial charge is 0.269 e. The quantitative estimate of drug-likeness (QED) is 0.277. The van der Waals surface area contributed by atoms with Crippen LogP contribution in [0.2, 0.25) is 0 Å². The van der Waals surface area contributed by atoms with Gasteiger partial charge in [-0.15, -0.1) is 10.2 Å². The van der Waals surface area contributed by atoms with E-state index in [0.717, 1.165) is 0 Å². The second kappa shape index (κ2) is 10.7. The van der Waals surface area contributed by atoms with Gasteiger partial charge in [-0.2, -0.15) is 0 Å². The van der Waals surface area contributed by atoms with Gasteiger partial charge in [0, 0.05) is 24.9 Å². The normalized spacial score (nSPS) is 11.6. The van der Waals surface area contributed by atoms with Crippen molar-refractivity contribution in [3.63, 3.8) is 0 Å². The first-order chi connectivity index (χ1) is 15.8. The molecule has 10 nitrogen and oxygen atoms in total. The highest BCUT2D eigenvalue weighted by molar-refractivity contribution is 8.00. The van der Waals surface area contributed by atoms with Crippen molar-refractivity contribution in [2.45, 2.75) is 30.3 Å². The number of thioether (sulfide) groups is 1. The summed E-state index contributed by atoms with van der Waals surface area (Å²) < 4.78 is 15.4. The summed E-state index contributed by atoms with van der Waals surface area (Å²) >= 11 is 1.20. The number of rotatable bonds is 9. The number of nitro groups is 1. The van der Waals surface area contributed by atoms with Crippen molar-refractivity contribution in [3.05, 3.63) is 75.9 Å². The monoisotopic (exact) mass is 472 g/mol. The summed E-state index contributed by atoms with van der Waals surface area (Å²) in [6, 6.07) is 11.2. The molecule has 0 bridgehead atoms. The summed E-state index contributed by atoms with van der Waals surface area (Å²) in [4.78, 5) is 35.1. The minimum Gasteiger partial charge on any atom is -0.345 e. The molecule has 0 saturated heterocycles.